The average molecular weight is 362 g/mol. The van der Waals surface area contributed by atoms with Crippen molar-refractivity contribution < 1.29 is 14.3 Å². The fraction of sp³-hybridized carbons (Fsp3) is 0.176. The van der Waals surface area contributed by atoms with Gasteiger partial charge < -0.3 is 10.1 Å². The zero-order valence-corrected chi connectivity index (χ0v) is 13.7. The summed E-state index contributed by atoms with van der Waals surface area (Å²) in [5.41, 5.74) is 2.61. The number of nitrogens with one attached hydrogen (secondary N) is 1. The van der Waals surface area contributed by atoms with Crippen LogP contribution in [0.3, 0.4) is 0 Å². The highest BCUT2D eigenvalue weighted by molar-refractivity contribution is 9.10. The fourth-order valence-electron chi connectivity index (χ4n) is 1.83. The lowest BCUT2D eigenvalue weighted by atomic mass is 10.2. The first-order valence-electron chi connectivity index (χ1n) is 6.80. The number of carbonyl (C=O) groups excluding carboxylic acids is 2. The van der Waals surface area contributed by atoms with Gasteiger partial charge in [0.2, 0.25) is 0 Å². The van der Waals surface area contributed by atoms with Crippen LogP contribution < -0.4 is 5.32 Å². The van der Waals surface area contributed by atoms with Crippen LogP contribution in [0.4, 0.5) is 5.69 Å². The van der Waals surface area contributed by atoms with E-state index in [1.807, 2.05) is 43.3 Å². The van der Waals surface area contributed by atoms with Crippen LogP contribution in [-0.4, -0.2) is 18.5 Å². The van der Waals surface area contributed by atoms with Gasteiger partial charge in [0, 0.05) is 10.2 Å². The Labute approximate surface area is 137 Å². The number of esters is 1. The number of rotatable bonds is 5. The van der Waals surface area contributed by atoms with Gasteiger partial charge in [-0.05, 0) is 30.7 Å². The summed E-state index contributed by atoms with van der Waals surface area (Å²) in [5.74, 6) is -0.796. The van der Waals surface area contributed by atoms with Crippen LogP contribution in [0.5, 0.6) is 0 Å². The molecule has 0 saturated carbocycles. The Morgan fingerprint density at radius 3 is 2.45 bits per heavy atom. The number of carbonyl (C=O) groups is 2. The number of benzene rings is 2. The van der Waals surface area contributed by atoms with Gasteiger partial charge in [0.15, 0.2) is 6.61 Å². The smallest absolute Gasteiger partial charge is 0.310 e. The summed E-state index contributed by atoms with van der Waals surface area (Å²) >= 11 is 3.37. The zero-order valence-electron chi connectivity index (χ0n) is 12.1. The molecule has 0 atom stereocenters. The summed E-state index contributed by atoms with van der Waals surface area (Å²) in [5, 5.41) is 2.67. The molecule has 1 amide bonds. The maximum Gasteiger partial charge on any atom is 0.310 e. The summed E-state index contributed by atoms with van der Waals surface area (Å²) in [6.45, 7) is 1.67. The van der Waals surface area contributed by atoms with Crippen molar-refractivity contribution in [2.75, 3.05) is 11.9 Å². The number of ether oxygens (including phenoxy) is 1. The van der Waals surface area contributed by atoms with Crippen molar-refractivity contribution in [3.8, 4) is 0 Å². The van der Waals surface area contributed by atoms with Crippen molar-refractivity contribution in [2.24, 2.45) is 0 Å². The third-order valence-electron chi connectivity index (χ3n) is 2.99. The molecule has 22 heavy (non-hydrogen) atoms. The molecule has 0 aromatic heterocycles. The van der Waals surface area contributed by atoms with Crippen LogP contribution in [0.15, 0.2) is 53.0 Å². The van der Waals surface area contributed by atoms with E-state index in [0.717, 1.165) is 15.6 Å². The molecular weight excluding hydrogens is 346 g/mol. The number of halogens is 1. The molecule has 0 aliphatic rings. The largest absolute Gasteiger partial charge is 0.455 e. The van der Waals surface area contributed by atoms with Gasteiger partial charge in [-0.2, -0.15) is 0 Å². The molecule has 0 spiro atoms. The molecule has 4 nitrogen and oxygen atoms in total. The number of aryl methyl sites for hydroxylation is 1. The molecule has 0 fully saturated rings. The normalized spacial score (nSPS) is 10.1. The van der Waals surface area contributed by atoms with Gasteiger partial charge in [0.05, 0.1) is 6.42 Å². The highest BCUT2D eigenvalue weighted by Gasteiger charge is 2.10. The van der Waals surface area contributed by atoms with Crippen molar-refractivity contribution >= 4 is 33.5 Å². The molecule has 0 bridgehead atoms. The molecule has 0 aliphatic heterocycles. The van der Waals surface area contributed by atoms with Crippen molar-refractivity contribution in [1.82, 2.24) is 0 Å². The summed E-state index contributed by atoms with van der Waals surface area (Å²) in [7, 11) is 0. The Morgan fingerprint density at radius 1 is 1.09 bits per heavy atom. The van der Waals surface area contributed by atoms with Crippen molar-refractivity contribution in [3.63, 3.8) is 0 Å². The minimum absolute atomic E-state index is 0.124. The highest BCUT2D eigenvalue weighted by atomic mass is 79.9. The van der Waals surface area contributed by atoms with E-state index in [9.17, 15) is 9.59 Å². The molecule has 0 unspecified atom stereocenters. The Kier molecular flexibility index (Phi) is 5.72. The van der Waals surface area contributed by atoms with Crippen LogP contribution in [0.2, 0.25) is 0 Å². The maximum atomic E-state index is 11.7. The lowest BCUT2D eigenvalue weighted by Crippen LogP contribution is -2.21. The Morgan fingerprint density at radius 2 is 1.77 bits per heavy atom. The van der Waals surface area contributed by atoms with Gasteiger partial charge in [0.25, 0.3) is 5.91 Å². The molecule has 2 aromatic carbocycles. The standard InChI is InChI=1S/C17H16BrNO3/c1-12-6-8-14(9-7-12)19-16(20)11-22-17(21)10-13-4-2-3-5-15(13)18/h2-9H,10-11H2,1H3,(H,19,20). The Hall–Kier alpha value is -2.14. The molecule has 2 rings (SSSR count). The molecule has 2 aromatic rings. The van der Waals surface area contributed by atoms with Crippen LogP contribution in [-0.2, 0) is 20.7 Å². The Bertz CT molecular complexity index is 668. The second kappa shape index (κ2) is 7.75. The number of anilines is 1. The lowest BCUT2D eigenvalue weighted by Gasteiger charge is -2.07. The molecule has 0 aliphatic carbocycles. The Balaban J connectivity index is 1.79. The van der Waals surface area contributed by atoms with Crippen LogP contribution >= 0.6 is 15.9 Å². The average Bonchev–Trinajstić information content (AvgIpc) is 2.50. The molecule has 1 N–H and O–H groups in total. The molecule has 5 heteroatoms. The van der Waals surface area contributed by atoms with E-state index in [2.05, 4.69) is 21.2 Å². The van der Waals surface area contributed by atoms with Crippen LogP contribution in [0.1, 0.15) is 11.1 Å². The van der Waals surface area contributed by atoms with E-state index in [4.69, 9.17) is 4.74 Å². The predicted octanol–water partition coefficient (Wildman–Crippen LogP) is 3.48. The molecular formula is C17H16BrNO3. The van der Waals surface area contributed by atoms with Crippen LogP contribution in [0.25, 0.3) is 0 Å². The van der Waals surface area contributed by atoms with E-state index in [1.165, 1.54) is 0 Å². The van der Waals surface area contributed by atoms with Gasteiger partial charge in [-0.15, -0.1) is 0 Å². The predicted molar refractivity (Wildman–Crippen MR) is 88.6 cm³/mol. The lowest BCUT2D eigenvalue weighted by molar-refractivity contribution is -0.146. The first kappa shape index (κ1) is 16.2. The molecule has 0 saturated heterocycles. The highest BCUT2D eigenvalue weighted by Crippen LogP contribution is 2.16. The molecule has 114 valence electrons. The number of amides is 1. The second-order valence-electron chi connectivity index (χ2n) is 4.84. The summed E-state index contributed by atoms with van der Waals surface area (Å²) in [6.07, 6.45) is 0.124. The zero-order chi connectivity index (χ0) is 15.9. The van der Waals surface area contributed by atoms with E-state index in [1.54, 1.807) is 12.1 Å². The first-order chi connectivity index (χ1) is 10.5. The summed E-state index contributed by atoms with van der Waals surface area (Å²) < 4.78 is 5.83. The summed E-state index contributed by atoms with van der Waals surface area (Å²) in [6, 6.07) is 14.8. The van der Waals surface area contributed by atoms with E-state index in [-0.39, 0.29) is 18.9 Å². The third-order valence-corrected chi connectivity index (χ3v) is 3.77. The van der Waals surface area contributed by atoms with Gasteiger partial charge in [0.1, 0.15) is 0 Å². The topological polar surface area (TPSA) is 55.4 Å². The van der Waals surface area contributed by atoms with Crippen molar-refractivity contribution in [1.29, 1.82) is 0 Å². The van der Waals surface area contributed by atoms with E-state index >= 15 is 0 Å². The minimum Gasteiger partial charge on any atom is -0.455 e. The number of hydrogen-bond acceptors (Lipinski definition) is 3. The van der Waals surface area contributed by atoms with Gasteiger partial charge in [-0.1, -0.05) is 51.8 Å². The summed E-state index contributed by atoms with van der Waals surface area (Å²) in [4.78, 5) is 23.5. The maximum absolute atomic E-state index is 11.7. The second-order valence-corrected chi connectivity index (χ2v) is 5.70. The molecule has 0 radical (unpaired) electrons. The fourth-order valence-corrected chi connectivity index (χ4v) is 2.25. The van der Waals surface area contributed by atoms with Gasteiger partial charge >= 0.3 is 5.97 Å². The quantitative estimate of drug-likeness (QED) is 0.829. The van der Waals surface area contributed by atoms with Crippen molar-refractivity contribution in [2.45, 2.75) is 13.3 Å². The van der Waals surface area contributed by atoms with Gasteiger partial charge in [-0.25, -0.2) is 0 Å². The van der Waals surface area contributed by atoms with Gasteiger partial charge in [-0.3, -0.25) is 9.59 Å². The number of hydrogen-bond donors (Lipinski definition) is 1. The third kappa shape index (κ3) is 5.00. The van der Waals surface area contributed by atoms with E-state index < -0.39 is 5.97 Å². The first-order valence-corrected chi connectivity index (χ1v) is 7.59. The minimum atomic E-state index is -0.439. The van der Waals surface area contributed by atoms with Crippen LogP contribution in [0, 0.1) is 6.92 Å². The van der Waals surface area contributed by atoms with E-state index in [0.29, 0.717) is 5.69 Å². The SMILES string of the molecule is Cc1ccc(NC(=O)COC(=O)Cc2ccccc2Br)cc1. The molecule has 0 heterocycles. The van der Waals surface area contributed by atoms with Crippen molar-refractivity contribution in [3.05, 3.63) is 64.1 Å². The monoisotopic (exact) mass is 361 g/mol.